The van der Waals surface area contributed by atoms with Gasteiger partial charge in [-0.05, 0) is 38.1 Å². The largest absolute Gasteiger partial charge is 0.398 e. The van der Waals surface area contributed by atoms with E-state index in [0.29, 0.717) is 25.9 Å². The van der Waals surface area contributed by atoms with Gasteiger partial charge in [-0.15, -0.1) is 0 Å². The molecule has 7 nitrogen and oxygen atoms in total. The number of nitrogen functional groups attached to an aromatic ring is 1. The molecule has 1 aliphatic heterocycles. The lowest BCUT2D eigenvalue weighted by molar-refractivity contribution is -0.122. The molecule has 1 fully saturated rings. The molecule has 0 spiro atoms. The molecule has 1 saturated heterocycles. The minimum absolute atomic E-state index is 0.0702. The van der Waals surface area contributed by atoms with Crippen molar-refractivity contribution in [1.29, 1.82) is 0 Å². The van der Waals surface area contributed by atoms with Gasteiger partial charge < -0.3 is 16.4 Å². The number of sulfonamides is 1. The molecule has 116 valence electrons. The van der Waals surface area contributed by atoms with Gasteiger partial charge in [0.2, 0.25) is 15.9 Å². The first kappa shape index (κ1) is 15.6. The van der Waals surface area contributed by atoms with E-state index in [1.165, 1.54) is 13.1 Å². The molecule has 8 heteroatoms. The van der Waals surface area contributed by atoms with Crippen LogP contribution in [0, 0.1) is 5.92 Å². The molecule has 1 amide bonds. The van der Waals surface area contributed by atoms with Crippen LogP contribution < -0.4 is 21.1 Å². The van der Waals surface area contributed by atoms with Crippen LogP contribution in [0.1, 0.15) is 12.8 Å². The van der Waals surface area contributed by atoms with Crippen LogP contribution >= 0.6 is 0 Å². The third-order valence-corrected chi connectivity index (χ3v) is 5.30. The Balaban J connectivity index is 2.17. The number of hydrogen-bond acceptors (Lipinski definition) is 5. The van der Waals surface area contributed by atoms with E-state index in [4.69, 9.17) is 11.5 Å². The van der Waals surface area contributed by atoms with E-state index in [1.807, 2.05) is 0 Å². The molecule has 5 N–H and O–H groups in total. The van der Waals surface area contributed by atoms with Gasteiger partial charge in [-0.25, -0.2) is 13.1 Å². The second-order valence-electron chi connectivity index (χ2n) is 5.09. The summed E-state index contributed by atoms with van der Waals surface area (Å²) in [5.41, 5.74) is 12.2. The van der Waals surface area contributed by atoms with E-state index in [9.17, 15) is 13.2 Å². The maximum absolute atomic E-state index is 11.8. The minimum Gasteiger partial charge on any atom is -0.398 e. The van der Waals surface area contributed by atoms with Crippen molar-refractivity contribution in [1.82, 2.24) is 4.72 Å². The maximum atomic E-state index is 11.8. The van der Waals surface area contributed by atoms with Gasteiger partial charge >= 0.3 is 0 Å². The highest BCUT2D eigenvalue weighted by Crippen LogP contribution is 2.28. The minimum atomic E-state index is -3.55. The zero-order chi connectivity index (χ0) is 15.6. The molecule has 0 aromatic heterocycles. The lowest BCUT2D eigenvalue weighted by atomic mass is 9.96. The molecule has 2 rings (SSSR count). The summed E-state index contributed by atoms with van der Waals surface area (Å²) in [6.45, 7) is 1.40. The van der Waals surface area contributed by atoms with Crippen molar-refractivity contribution in [3.8, 4) is 0 Å². The summed E-state index contributed by atoms with van der Waals surface area (Å²) in [5.74, 6) is -0.341. The fraction of sp³-hybridized carbons (Fsp3) is 0.462. The molecular weight excluding hydrogens is 292 g/mol. The molecule has 0 radical (unpaired) electrons. The van der Waals surface area contributed by atoms with Crippen molar-refractivity contribution >= 4 is 27.3 Å². The summed E-state index contributed by atoms with van der Waals surface area (Å²) in [6.07, 6.45) is 1.40. The fourth-order valence-corrected chi connectivity index (χ4v) is 3.35. The monoisotopic (exact) mass is 312 g/mol. The molecule has 0 atom stereocenters. The SMILES string of the molecule is CNS(=O)(=O)c1ccc(N2CCC(C(N)=O)CC2)cc1N. The number of rotatable bonds is 4. The summed E-state index contributed by atoms with van der Waals surface area (Å²) >= 11 is 0. The van der Waals surface area contributed by atoms with Crippen molar-refractivity contribution in [2.75, 3.05) is 30.8 Å². The van der Waals surface area contributed by atoms with E-state index in [1.54, 1.807) is 12.1 Å². The van der Waals surface area contributed by atoms with Crippen molar-refractivity contribution in [2.45, 2.75) is 17.7 Å². The summed E-state index contributed by atoms with van der Waals surface area (Å²) in [4.78, 5) is 13.3. The van der Waals surface area contributed by atoms with E-state index in [2.05, 4.69) is 9.62 Å². The Hall–Kier alpha value is -1.80. The molecule has 21 heavy (non-hydrogen) atoms. The van der Waals surface area contributed by atoms with Gasteiger partial charge in [0.15, 0.2) is 0 Å². The first-order valence-electron chi connectivity index (χ1n) is 6.72. The predicted molar refractivity (Wildman–Crippen MR) is 81.2 cm³/mol. The highest BCUT2D eigenvalue weighted by Gasteiger charge is 2.24. The number of benzene rings is 1. The molecule has 1 aromatic rings. The van der Waals surface area contributed by atoms with E-state index < -0.39 is 10.0 Å². The van der Waals surface area contributed by atoms with Crippen LogP contribution in [0.25, 0.3) is 0 Å². The Kier molecular flexibility index (Phi) is 4.38. The number of carbonyl (C=O) groups excluding carboxylic acids is 1. The predicted octanol–water partition coefficient (Wildman–Crippen LogP) is -0.121. The number of carbonyl (C=O) groups is 1. The third-order valence-electron chi connectivity index (χ3n) is 3.81. The van der Waals surface area contributed by atoms with Crippen LogP contribution in [0.15, 0.2) is 23.1 Å². The smallest absolute Gasteiger partial charge is 0.242 e. The summed E-state index contributed by atoms with van der Waals surface area (Å²) in [6, 6.07) is 4.87. The zero-order valence-corrected chi connectivity index (χ0v) is 12.7. The summed E-state index contributed by atoms with van der Waals surface area (Å²) < 4.78 is 25.8. The summed E-state index contributed by atoms with van der Waals surface area (Å²) in [5, 5.41) is 0. The number of amides is 1. The number of nitrogens with two attached hydrogens (primary N) is 2. The summed E-state index contributed by atoms with van der Waals surface area (Å²) in [7, 11) is -2.21. The van der Waals surface area contributed by atoms with Crippen LogP contribution in [0.4, 0.5) is 11.4 Å². The number of nitrogens with one attached hydrogen (secondary N) is 1. The lowest BCUT2D eigenvalue weighted by Crippen LogP contribution is -2.38. The van der Waals surface area contributed by atoms with Crippen molar-refractivity contribution in [3.63, 3.8) is 0 Å². The second kappa shape index (κ2) is 5.90. The van der Waals surface area contributed by atoms with Crippen molar-refractivity contribution in [3.05, 3.63) is 18.2 Å². The number of primary amides is 1. The van der Waals surface area contributed by atoms with Gasteiger partial charge in [0.05, 0.1) is 5.69 Å². The Morgan fingerprint density at radius 3 is 2.43 bits per heavy atom. The second-order valence-corrected chi connectivity index (χ2v) is 6.95. The Morgan fingerprint density at radius 1 is 1.33 bits per heavy atom. The Bertz CT molecular complexity index is 637. The average molecular weight is 312 g/mol. The molecule has 1 aromatic carbocycles. The molecule has 0 aliphatic carbocycles. The standard InChI is InChI=1S/C13H20N4O3S/c1-16-21(19,20)12-3-2-10(8-11(12)14)17-6-4-9(5-7-17)13(15)18/h2-3,8-9,16H,4-7,14H2,1H3,(H2,15,18). The van der Waals surface area contributed by atoms with Crippen molar-refractivity contribution in [2.24, 2.45) is 11.7 Å². The molecule has 0 saturated carbocycles. The first-order chi connectivity index (χ1) is 9.85. The zero-order valence-electron chi connectivity index (χ0n) is 11.9. The highest BCUT2D eigenvalue weighted by molar-refractivity contribution is 7.89. The topological polar surface area (TPSA) is 119 Å². The van der Waals surface area contributed by atoms with Gasteiger partial charge in [0.25, 0.3) is 0 Å². The number of nitrogens with zero attached hydrogens (tertiary/aromatic N) is 1. The van der Waals surface area contributed by atoms with Gasteiger partial charge in [-0.2, -0.15) is 0 Å². The quantitative estimate of drug-likeness (QED) is 0.670. The van der Waals surface area contributed by atoms with Gasteiger partial charge in [0, 0.05) is 24.7 Å². The maximum Gasteiger partial charge on any atom is 0.242 e. The molecule has 0 bridgehead atoms. The number of anilines is 2. The Morgan fingerprint density at radius 2 is 1.95 bits per heavy atom. The van der Waals surface area contributed by atoms with Crippen LogP contribution in [-0.4, -0.2) is 34.5 Å². The highest BCUT2D eigenvalue weighted by atomic mass is 32.2. The fourth-order valence-electron chi connectivity index (χ4n) is 2.51. The lowest BCUT2D eigenvalue weighted by Gasteiger charge is -2.32. The van der Waals surface area contributed by atoms with Gasteiger partial charge in [-0.1, -0.05) is 0 Å². The van der Waals surface area contributed by atoms with Crippen LogP contribution in [0.2, 0.25) is 0 Å². The number of hydrogen-bond donors (Lipinski definition) is 3. The normalized spacial score (nSPS) is 16.9. The van der Waals surface area contributed by atoms with Crippen LogP contribution in [-0.2, 0) is 14.8 Å². The van der Waals surface area contributed by atoms with Gasteiger partial charge in [0.1, 0.15) is 4.90 Å². The van der Waals surface area contributed by atoms with Crippen LogP contribution in [0.3, 0.4) is 0 Å². The molecule has 1 aliphatic rings. The number of piperidine rings is 1. The third kappa shape index (κ3) is 3.27. The first-order valence-corrected chi connectivity index (χ1v) is 8.21. The van der Waals surface area contributed by atoms with Gasteiger partial charge in [-0.3, -0.25) is 4.79 Å². The van der Waals surface area contributed by atoms with Crippen LogP contribution in [0.5, 0.6) is 0 Å². The Labute approximate surface area is 124 Å². The molecule has 0 unspecified atom stereocenters. The molecule has 1 heterocycles. The average Bonchev–Trinajstić information content (AvgIpc) is 2.47. The molecular formula is C13H20N4O3S. The van der Waals surface area contributed by atoms with E-state index in [-0.39, 0.29) is 22.4 Å². The van der Waals surface area contributed by atoms with E-state index >= 15 is 0 Å². The van der Waals surface area contributed by atoms with E-state index in [0.717, 1.165) is 5.69 Å². The van der Waals surface area contributed by atoms with Crippen molar-refractivity contribution < 1.29 is 13.2 Å².